The van der Waals surface area contributed by atoms with Crippen LogP contribution in [0.15, 0.2) is 72.9 Å². The van der Waals surface area contributed by atoms with Crippen LogP contribution >= 0.6 is 0 Å². The van der Waals surface area contributed by atoms with Crippen molar-refractivity contribution in [3.05, 3.63) is 72.9 Å². The Morgan fingerprint density at radius 3 is 1.46 bits per heavy atom. The van der Waals surface area contributed by atoms with E-state index >= 15 is 0 Å². The Labute approximate surface area is 412 Å². The molecule has 69 heavy (non-hydrogen) atoms. The van der Waals surface area contributed by atoms with Gasteiger partial charge in [-0.05, 0) is 77.0 Å². The Kier molecular flexibility index (Phi) is 36.4. The second-order valence-corrected chi connectivity index (χ2v) is 18.0. The molecule has 15 heteroatoms. The van der Waals surface area contributed by atoms with Gasteiger partial charge in [0.1, 0.15) is 55.4 Å². The molecule has 2 heterocycles. The Morgan fingerprint density at radius 2 is 0.899 bits per heavy atom. The van der Waals surface area contributed by atoms with E-state index in [-0.39, 0.29) is 19.4 Å². The first-order valence-electron chi connectivity index (χ1n) is 26.0. The van der Waals surface area contributed by atoms with Crippen molar-refractivity contribution in [3.63, 3.8) is 0 Å². The van der Waals surface area contributed by atoms with Crippen molar-refractivity contribution in [1.82, 2.24) is 0 Å². The topological polar surface area (TPSA) is 231 Å². The maximum Gasteiger partial charge on any atom is 0.306 e. The van der Waals surface area contributed by atoms with Crippen molar-refractivity contribution in [1.29, 1.82) is 0 Å². The zero-order valence-corrected chi connectivity index (χ0v) is 41.8. The predicted molar refractivity (Wildman–Crippen MR) is 266 cm³/mol. The van der Waals surface area contributed by atoms with Gasteiger partial charge in [0, 0.05) is 12.8 Å². The molecule has 396 valence electrons. The van der Waals surface area contributed by atoms with Gasteiger partial charge in [-0.2, -0.15) is 0 Å². The minimum Gasteiger partial charge on any atom is -0.462 e. The number of allylic oxidation sites excluding steroid dienone is 12. The fourth-order valence-electron chi connectivity index (χ4n) is 7.60. The van der Waals surface area contributed by atoms with Crippen molar-refractivity contribution in [2.75, 3.05) is 26.4 Å². The second-order valence-electron chi connectivity index (χ2n) is 18.0. The minimum absolute atomic E-state index is 0.0894. The number of carbonyl (C=O) groups excluding carboxylic acids is 2. The van der Waals surface area contributed by atoms with Crippen LogP contribution in [0, 0.1) is 0 Å². The highest BCUT2D eigenvalue weighted by atomic mass is 16.7. The molecule has 0 saturated carbocycles. The summed E-state index contributed by atoms with van der Waals surface area (Å²) in [6.07, 6.45) is 30.8. The molecular formula is C54H90O15. The maximum atomic E-state index is 13.0. The zero-order chi connectivity index (χ0) is 50.3. The average molecular weight is 979 g/mol. The van der Waals surface area contributed by atoms with Gasteiger partial charge in [0.15, 0.2) is 18.7 Å². The van der Waals surface area contributed by atoms with Gasteiger partial charge < -0.3 is 64.2 Å². The van der Waals surface area contributed by atoms with Crippen molar-refractivity contribution in [2.45, 2.75) is 229 Å². The van der Waals surface area contributed by atoms with Crippen molar-refractivity contribution < 1.29 is 73.8 Å². The number of aliphatic hydroxyl groups is 7. The lowest BCUT2D eigenvalue weighted by Gasteiger charge is -2.42. The van der Waals surface area contributed by atoms with E-state index in [0.717, 1.165) is 70.6 Å². The van der Waals surface area contributed by atoms with Crippen molar-refractivity contribution >= 4 is 11.9 Å². The molecule has 0 spiro atoms. The van der Waals surface area contributed by atoms with Gasteiger partial charge in [-0.25, -0.2) is 0 Å². The Morgan fingerprint density at radius 1 is 0.464 bits per heavy atom. The summed E-state index contributed by atoms with van der Waals surface area (Å²) in [5.41, 5.74) is 0. The molecule has 0 radical (unpaired) electrons. The quantitative estimate of drug-likeness (QED) is 0.0180. The third-order valence-corrected chi connectivity index (χ3v) is 11.9. The summed E-state index contributed by atoms with van der Waals surface area (Å²) in [6, 6.07) is 0. The lowest BCUT2D eigenvalue weighted by atomic mass is 9.98. The van der Waals surface area contributed by atoms with Gasteiger partial charge in [-0.15, -0.1) is 0 Å². The molecule has 2 fully saturated rings. The smallest absolute Gasteiger partial charge is 0.306 e. The van der Waals surface area contributed by atoms with Crippen molar-refractivity contribution in [2.24, 2.45) is 0 Å². The first-order valence-corrected chi connectivity index (χ1v) is 26.0. The standard InChI is InChI=1S/C54H90O15/c1-3-5-7-9-11-13-15-17-19-20-21-22-23-25-26-28-30-32-34-36-45(56)64-39-42(67-46(57)37-35-33-31-29-27-24-18-16-14-12-10-8-6-4-2)40-65-53-52(63)50(61)48(59)44(69-53)41-66-54-51(62)49(60)47(58)43(38-55)68-54/h11,13,16-19,21-22,25-26,30,32,42-44,47-55,58-63H,3-10,12,14-15,20,23-24,27-29,31,33-41H2,1-2H3/b13-11+,18-16+,19-17+,22-21+,26-25+,32-30+/t42-,43+,44+,47-,48-,49?,50?,51?,52?,53+,54+/m0/s1. The van der Waals surface area contributed by atoms with Crippen LogP contribution in [-0.2, 0) is 38.0 Å². The molecule has 2 saturated heterocycles. The van der Waals surface area contributed by atoms with E-state index in [1.807, 2.05) is 12.2 Å². The summed E-state index contributed by atoms with van der Waals surface area (Å²) in [7, 11) is 0. The number of unbranched alkanes of at least 4 members (excludes halogenated alkanes) is 13. The number of hydrogen-bond donors (Lipinski definition) is 7. The van der Waals surface area contributed by atoms with Gasteiger partial charge >= 0.3 is 11.9 Å². The molecule has 2 rings (SSSR count). The van der Waals surface area contributed by atoms with E-state index in [9.17, 15) is 45.3 Å². The Bertz CT molecular complexity index is 1480. The van der Waals surface area contributed by atoms with Gasteiger partial charge in [0.25, 0.3) is 0 Å². The number of carbonyl (C=O) groups is 2. The molecule has 11 atom stereocenters. The van der Waals surface area contributed by atoms with Crippen LogP contribution in [0.1, 0.15) is 162 Å². The summed E-state index contributed by atoms with van der Waals surface area (Å²) in [6.45, 7) is 2.45. The third-order valence-electron chi connectivity index (χ3n) is 11.9. The van der Waals surface area contributed by atoms with Crippen LogP contribution in [0.3, 0.4) is 0 Å². The zero-order valence-electron chi connectivity index (χ0n) is 41.8. The van der Waals surface area contributed by atoms with Crippen LogP contribution in [0.5, 0.6) is 0 Å². The lowest BCUT2D eigenvalue weighted by molar-refractivity contribution is -0.332. The number of aliphatic hydroxyl groups excluding tert-OH is 7. The Hall–Kier alpha value is -3.06. The van der Waals surface area contributed by atoms with Crippen molar-refractivity contribution in [3.8, 4) is 0 Å². The number of hydrogen-bond acceptors (Lipinski definition) is 15. The van der Waals surface area contributed by atoms with Crippen LogP contribution in [-0.4, -0.2) is 142 Å². The molecule has 0 amide bonds. The number of esters is 2. The van der Waals surface area contributed by atoms with Crippen LogP contribution < -0.4 is 0 Å². The van der Waals surface area contributed by atoms with Crippen LogP contribution in [0.4, 0.5) is 0 Å². The summed E-state index contributed by atoms with van der Waals surface area (Å²) < 4.78 is 33.5. The molecule has 2 aliphatic heterocycles. The van der Waals surface area contributed by atoms with E-state index < -0.39 is 99.3 Å². The molecule has 4 unspecified atom stereocenters. The van der Waals surface area contributed by atoms with Gasteiger partial charge in [-0.3, -0.25) is 9.59 Å². The summed E-state index contributed by atoms with van der Waals surface area (Å²) in [5, 5.41) is 72.1. The molecule has 0 aliphatic carbocycles. The van der Waals surface area contributed by atoms with E-state index in [4.69, 9.17) is 28.4 Å². The second kappa shape index (κ2) is 40.5. The van der Waals surface area contributed by atoms with Gasteiger partial charge in [0.05, 0.1) is 19.8 Å². The first kappa shape index (κ1) is 62.1. The normalized spacial score (nSPS) is 26.2. The fourth-order valence-corrected chi connectivity index (χ4v) is 7.60. The molecule has 0 aromatic rings. The molecule has 15 nitrogen and oxygen atoms in total. The monoisotopic (exact) mass is 979 g/mol. The molecule has 0 bridgehead atoms. The summed E-state index contributed by atoms with van der Waals surface area (Å²) >= 11 is 0. The molecule has 0 aromatic heterocycles. The van der Waals surface area contributed by atoms with Gasteiger partial charge in [0.2, 0.25) is 0 Å². The van der Waals surface area contributed by atoms with Gasteiger partial charge in [-0.1, -0.05) is 145 Å². The maximum absolute atomic E-state index is 13.0. The summed E-state index contributed by atoms with van der Waals surface area (Å²) in [5.74, 6) is -1.04. The predicted octanol–water partition coefficient (Wildman–Crippen LogP) is 7.43. The molecule has 0 aromatic carbocycles. The SMILES string of the molecule is CCCCC/C=C/C/C=C/C/C=C/C/C=C/C/C=C/CCC(=O)OC[C@@H](CO[C@@H]1O[C@H](CO[C@@H]2O[C@H](CO)[C@H](O)C(O)C2O)[C@H](O)C(O)C1O)OC(=O)CCCCCCC/C=C/CCCCCCC. The first-order chi connectivity index (χ1) is 33.5. The average Bonchev–Trinajstić information content (AvgIpc) is 3.34. The lowest BCUT2D eigenvalue weighted by Crippen LogP contribution is -2.61. The molecule has 2 aliphatic rings. The third kappa shape index (κ3) is 28.5. The van der Waals surface area contributed by atoms with E-state index in [1.165, 1.54) is 51.4 Å². The van der Waals surface area contributed by atoms with Crippen LogP contribution in [0.25, 0.3) is 0 Å². The Balaban J connectivity index is 1.84. The molecule has 7 N–H and O–H groups in total. The summed E-state index contributed by atoms with van der Waals surface area (Å²) in [4.78, 5) is 25.7. The highest BCUT2D eigenvalue weighted by molar-refractivity contribution is 5.70. The van der Waals surface area contributed by atoms with E-state index in [0.29, 0.717) is 12.8 Å². The van der Waals surface area contributed by atoms with E-state index in [1.54, 1.807) is 0 Å². The van der Waals surface area contributed by atoms with E-state index in [2.05, 4.69) is 74.6 Å². The number of rotatable bonds is 39. The highest BCUT2D eigenvalue weighted by Gasteiger charge is 2.47. The molecular weight excluding hydrogens is 889 g/mol. The fraction of sp³-hybridized carbons (Fsp3) is 0.741. The highest BCUT2D eigenvalue weighted by Crippen LogP contribution is 2.26. The largest absolute Gasteiger partial charge is 0.462 e. The number of ether oxygens (including phenoxy) is 6. The minimum atomic E-state index is -1.78. The van der Waals surface area contributed by atoms with Crippen LogP contribution in [0.2, 0.25) is 0 Å².